The van der Waals surface area contributed by atoms with Gasteiger partial charge in [0.1, 0.15) is 17.1 Å². The zero-order valence-electron chi connectivity index (χ0n) is 17.6. The molecule has 0 spiro atoms. The van der Waals surface area contributed by atoms with E-state index >= 15 is 0 Å². The fourth-order valence-corrected chi connectivity index (χ4v) is 4.36. The van der Waals surface area contributed by atoms with E-state index < -0.39 is 11.7 Å². The average molecular weight is 454 g/mol. The van der Waals surface area contributed by atoms with Crippen molar-refractivity contribution in [1.29, 1.82) is 0 Å². The summed E-state index contributed by atoms with van der Waals surface area (Å²) in [6, 6.07) is 11.0. The summed E-state index contributed by atoms with van der Waals surface area (Å²) < 4.78 is 19.9. The molecule has 0 fully saturated rings. The van der Waals surface area contributed by atoms with E-state index in [0.717, 1.165) is 23.4 Å². The lowest BCUT2D eigenvalue weighted by Crippen LogP contribution is -2.40. The second-order valence-corrected chi connectivity index (χ2v) is 8.53. The summed E-state index contributed by atoms with van der Waals surface area (Å²) in [7, 11) is 4.19. The maximum absolute atomic E-state index is 14.3. The molecule has 2 heterocycles. The van der Waals surface area contributed by atoms with Crippen molar-refractivity contribution in [1.82, 2.24) is 14.9 Å². The van der Waals surface area contributed by atoms with Gasteiger partial charge >= 0.3 is 0 Å². The number of carbonyl (C=O) groups excluding carboxylic acids is 1. The van der Waals surface area contributed by atoms with Gasteiger partial charge in [-0.2, -0.15) is 4.98 Å². The van der Waals surface area contributed by atoms with Crippen molar-refractivity contribution in [2.75, 3.05) is 31.0 Å². The maximum Gasteiger partial charge on any atom is 0.268 e. The van der Waals surface area contributed by atoms with Gasteiger partial charge in [0.25, 0.3) is 5.91 Å². The Kier molecular flexibility index (Phi) is 5.19. The normalized spacial score (nSPS) is 17.2. The zero-order valence-corrected chi connectivity index (χ0v) is 18.4. The molecule has 32 heavy (non-hydrogen) atoms. The number of carbonyl (C=O) groups is 1. The molecule has 1 N–H and O–H groups in total. The predicted octanol–water partition coefficient (Wildman–Crippen LogP) is 4.04. The number of fused-ring (bicyclic) bond motifs is 2. The lowest BCUT2D eigenvalue weighted by atomic mass is 10.1. The molecule has 1 unspecified atom stereocenters. The van der Waals surface area contributed by atoms with Crippen molar-refractivity contribution in [3.8, 4) is 5.88 Å². The third-order valence-corrected chi connectivity index (χ3v) is 6.18. The van der Waals surface area contributed by atoms with Crippen molar-refractivity contribution < 1.29 is 13.9 Å². The molecule has 1 aliphatic carbocycles. The molecule has 1 atom stereocenters. The molecular formula is C23H21ClFN5O2. The molecule has 0 saturated carbocycles. The Balaban J connectivity index is 1.36. The maximum atomic E-state index is 14.3. The minimum atomic E-state index is -0.606. The van der Waals surface area contributed by atoms with E-state index in [1.54, 1.807) is 0 Å². The van der Waals surface area contributed by atoms with Gasteiger partial charge in [-0.3, -0.25) is 9.69 Å². The van der Waals surface area contributed by atoms with Gasteiger partial charge in [0, 0.05) is 17.9 Å². The molecule has 0 radical (unpaired) electrons. The Morgan fingerprint density at radius 1 is 1.22 bits per heavy atom. The molecule has 1 amide bonds. The number of rotatable bonds is 4. The quantitative estimate of drug-likeness (QED) is 0.643. The van der Waals surface area contributed by atoms with Gasteiger partial charge in [-0.1, -0.05) is 23.7 Å². The van der Waals surface area contributed by atoms with E-state index in [1.807, 2.05) is 6.07 Å². The highest BCUT2D eigenvalue weighted by molar-refractivity contribution is 6.34. The Hall–Kier alpha value is -3.23. The Morgan fingerprint density at radius 3 is 2.81 bits per heavy atom. The van der Waals surface area contributed by atoms with Crippen molar-refractivity contribution in [2.24, 2.45) is 0 Å². The van der Waals surface area contributed by atoms with Gasteiger partial charge in [0.2, 0.25) is 11.8 Å². The smallest absolute Gasteiger partial charge is 0.268 e. The van der Waals surface area contributed by atoms with Crippen LogP contribution >= 0.6 is 11.6 Å². The monoisotopic (exact) mass is 453 g/mol. The Morgan fingerprint density at radius 2 is 2.03 bits per heavy atom. The number of nitrogens with one attached hydrogen (secondary N) is 1. The SMILES string of the molecule is CN(C)C1Cc2ccc(Nc3ncc4c(n3)OCN(c3c(F)cccc3Cl)C4=O)cc2C1. The molecule has 7 nitrogen and oxygen atoms in total. The Bertz CT molecular complexity index is 1200. The number of ether oxygens (including phenoxy) is 1. The van der Waals surface area contributed by atoms with Gasteiger partial charge in [-0.25, -0.2) is 9.37 Å². The number of nitrogens with zero attached hydrogens (tertiary/aromatic N) is 4. The number of hydrogen-bond acceptors (Lipinski definition) is 6. The van der Waals surface area contributed by atoms with Crippen LogP contribution < -0.4 is 15.0 Å². The number of benzene rings is 2. The minimum Gasteiger partial charge on any atom is -0.455 e. The third kappa shape index (κ3) is 3.65. The van der Waals surface area contributed by atoms with Crippen molar-refractivity contribution >= 4 is 34.8 Å². The first-order valence-corrected chi connectivity index (χ1v) is 10.6. The number of aromatic nitrogens is 2. The zero-order chi connectivity index (χ0) is 22.4. The summed E-state index contributed by atoms with van der Waals surface area (Å²) in [4.78, 5) is 24.9. The van der Waals surface area contributed by atoms with E-state index in [-0.39, 0.29) is 28.9 Å². The number of likely N-dealkylation sites (N-methyl/N-ethyl adjacent to an activating group) is 1. The second-order valence-electron chi connectivity index (χ2n) is 8.12. The van der Waals surface area contributed by atoms with Crippen LogP contribution in [0.15, 0.2) is 42.6 Å². The third-order valence-electron chi connectivity index (χ3n) is 5.87. The van der Waals surface area contributed by atoms with Gasteiger partial charge < -0.3 is 15.0 Å². The molecule has 9 heteroatoms. The average Bonchev–Trinajstić information content (AvgIpc) is 3.19. The molecule has 2 aromatic carbocycles. The first-order chi connectivity index (χ1) is 15.4. The molecule has 5 rings (SSSR count). The van der Waals surface area contributed by atoms with Crippen LogP contribution in [0.1, 0.15) is 21.5 Å². The summed E-state index contributed by atoms with van der Waals surface area (Å²) in [5, 5.41) is 3.30. The summed E-state index contributed by atoms with van der Waals surface area (Å²) >= 11 is 6.10. The van der Waals surface area contributed by atoms with Gasteiger partial charge in [-0.05, 0) is 62.3 Å². The van der Waals surface area contributed by atoms with Crippen LogP contribution in [0.25, 0.3) is 0 Å². The first kappa shape index (κ1) is 20.7. The van der Waals surface area contributed by atoms with E-state index in [9.17, 15) is 9.18 Å². The number of halogens is 2. The topological polar surface area (TPSA) is 70.6 Å². The molecule has 1 aromatic heterocycles. The van der Waals surface area contributed by atoms with Gasteiger partial charge in [0.15, 0.2) is 6.73 Å². The molecule has 0 saturated heterocycles. The van der Waals surface area contributed by atoms with Gasteiger partial charge in [0.05, 0.1) is 5.02 Å². The first-order valence-electron chi connectivity index (χ1n) is 10.2. The highest BCUT2D eigenvalue weighted by Crippen LogP contribution is 2.34. The van der Waals surface area contributed by atoms with E-state index in [4.69, 9.17) is 16.3 Å². The molecule has 1 aliphatic heterocycles. The highest BCUT2D eigenvalue weighted by Gasteiger charge is 2.32. The summed E-state index contributed by atoms with van der Waals surface area (Å²) in [5.41, 5.74) is 3.63. The van der Waals surface area contributed by atoms with Crippen molar-refractivity contribution in [3.63, 3.8) is 0 Å². The lowest BCUT2D eigenvalue weighted by Gasteiger charge is -2.28. The predicted molar refractivity (Wildman–Crippen MR) is 120 cm³/mol. The summed E-state index contributed by atoms with van der Waals surface area (Å²) in [6.07, 6.45) is 3.41. The van der Waals surface area contributed by atoms with Crippen molar-refractivity contribution in [3.05, 3.63) is 70.1 Å². The standard InChI is InChI=1S/C23H21ClFN5O2/c1-29(2)16-9-13-6-7-15(8-14(13)10-16)27-23-26-11-17-21(28-23)32-12-30(22(17)31)20-18(24)4-3-5-19(20)25/h3-8,11,16H,9-10,12H2,1-2H3,(H,26,27,28). The summed E-state index contributed by atoms with van der Waals surface area (Å²) in [5.74, 6) is -0.622. The number of anilines is 3. The number of para-hydroxylation sites is 1. The largest absolute Gasteiger partial charge is 0.455 e. The van der Waals surface area contributed by atoms with Crippen molar-refractivity contribution in [2.45, 2.75) is 18.9 Å². The fraction of sp³-hybridized carbons (Fsp3) is 0.261. The molecular weight excluding hydrogens is 433 g/mol. The van der Waals surface area contributed by atoms with Crippen LogP contribution in [-0.2, 0) is 12.8 Å². The van der Waals surface area contributed by atoms with Crippen LogP contribution in [-0.4, -0.2) is 47.6 Å². The van der Waals surface area contributed by atoms with E-state index in [2.05, 4.69) is 46.4 Å². The molecule has 2 aliphatic rings. The minimum absolute atomic E-state index is 0.0267. The summed E-state index contributed by atoms with van der Waals surface area (Å²) in [6.45, 7) is -0.201. The Labute approximate surface area is 189 Å². The van der Waals surface area contributed by atoms with Crippen LogP contribution in [0.2, 0.25) is 5.02 Å². The fourth-order valence-electron chi connectivity index (χ4n) is 4.09. The van der Waals surface area contributed by atoms with Crippen LogP contribution in [0, 0.1) is 5.82 Å². The molecule has 0 bridgehead atoms. The lowest BCUT2D eigenvalue weighted by molar-refractivity contribution is 0.0931. The van der Waals surface area contributed by atoms with Gasteiger partial charge in [-0.15, -0.1) is 0 Å². The number of hydrogen-bond donors (Lipinski definition) is 1. The molecule has 3 aromatic rings. The highest BCUT2D eigenvalue weighted by atomic mass is 35.5. The van der Waals surface area contributed by atoms with E-state index in [0.29, 0.717) is 12.0 Å². The number of amides is 1. The second kappa shape index (κ2) is 8.03. The molecule has 164 valence electrons. The van der Waals surface area contributed by atoms with E-state index in [1.165, 1.54) is 35.5 Å². The van der Waals surface area contributed by atoms with Crippen LogP contribution in [0.3, 0.4) is 0 Å². The van der Waals surface area contributed by atoms with Crippen LogP contribution in [0.4, 0.5) is 21.7 Å². The van der Waals surface area contributed by atoms with Crippen LogP contribution in [0.5, 0.6) is 5.88 Å².